The quantitative estimate of drug-likeness (QED) is 0.422. The predicted octanol–water partition coefficient (Wildman–Crippen LogP) is 4.05. The zero-order valence-electron chi connectivity index (χ0n) is 12.2. The Balaban J connectivity index is 2.92. The smallest absolute Gasteiger partial charge is 0.235 e. The normalized spacial score (nSPS) is 11.7. The molecule has 0 fully saturated rings. The van der Waals surface area contributed by atoms with E-state index in [4.69, 9.17) is 0 Å². The van der Waals surface area contributed by atoms with E-state index in [1.54, 1.807) is 0 Å². The van der Waals surface area contributed by atoms with Crippen molar-refractivity contribution in [2.45, 2.75) is 45.8 Å². The van der Waals surface area contributed by atoms with Crippen LogP contribution in [0.5, 0.6) is 0 Å². The van der Waals surface area contributed by atoms with E-state index in [2.05, 4.69) is 51.9 Å². The summed E-state index contributed by atoms with van der Waals surface area (Å²) >= 11 is 0. The Morgan fingerprint density at radius 3 is 1.94 bits per heavy atom. The van der Waals surface area contributed by atoms with Gasteiger partial charge in [0.25, 0.3) is 0 Å². The minimum absolute atomic E-state index is 0.0714. The molecule has 96 valence electrons. The maximum atomic E-state index is 11.9. The average Bonchev–Trinajstić information content (AvgIpc) is 2.24. The molecular weight excluding hydrogens is 236 g/mol. The lowest BCUT2D eigenvalue weighted by molar-refractivity contribution is 0.105. The summed E-state index contributed by atoms with van der Waals surface area (Å²) in [4.78, 5) is 11.9. The lowest BCUT2D eigenvalue weighted by atomic mass is 9.86. The molecule has 0 N–H and O–H groups in total. The van der Waals surface area contributed by atoms with Crippen LogP contribution in [0.1, 0.15) is 36.7 Å². The minimum atomic E-state index is -1.48. The fraction of sp³-hybridized carbons (Fsp3) is 0.438. The average molecular weight is 258 g/mol. The van der Waals surface area contributed by atoms with E-state index in [0.717, 1.165) is 0 Å². The van der Waals surface area contributed by atoms with Crippen molar-refractivity contribution in [3.05, 3.63) is 35.4 Å². The third-order valence-electron chi connectivity index (χ3n) is 2.56. The van der Waals surface area contributed by atoms with E-state index in [1.165, 1.54) is 5.56 Å². The topological polar surface area (TPSA) is 17.1 Å². The molecule has 0 bridgehead atoms. The zero-order valence-corrected chi connectivity index (χ0v) is 13.2. The van der Waals surface area contributed by atoms with Crippen LogP contribution < -0.4 is 0 Å². The first kappa shape index (κ1) is 14.7. The van der Waals surface area contributed by atoms with Crippen LogP contribution in [0.4, 0.5) is 0 Å². The summed E-state index contributed by atoms with van der Waals surface area (Å²) in [6, 6.07) is 7.79. The number of carbonyl (C=O) groups excluding carboxylic acids is 1. The van der Waals surface area contributed by atoms with Crippen molar-refractivity contribution in [2.75, 3.05) is 0 Å². The van der Waals surface area contributed by atoms with Crippen molar-refractivity contribution in [2.24, 2.45) is 0 Å². The van der Waals surface area contributed by atoms with Crippen LogP contribution in [-0.4, -0.2) is 13.9 Å². The lowest BCUT2D eigenvalue weighted by Crippen LogP contribution is -2.17. The minimum Gasteiger partial charge on any atom is -0.279 e. The summed E-state index contributed by atoms with van der Waals surface area (Å²) in [5.41, 5.74) is 5.14. The lowest BCUT2D eigenvalue weighted by Gasteiger charge is -2.18. The second-order valence-corrected chi connectivity index (χ2v) is 11.4. The van der Waals surface area contributed by atoms with Gasteiger partial charge in [0.2, 0.25) is 5.78 Å². The summed E-state index contributed by atoms with van der Waals surface area (Å²) in [6.07, 6.45) is 0. The van der Waals surface area contributed by atoms with Gasteiger partial charge in [-0.1, -0.05) is 64.7 Å². The molecule has 2 heteroatoms. The Morgan fingerprint density at radius 1 is 1.06 bits per heavy atom. The van der Waals surface area contributed by atoms with Gasteiger partial charge < -0.3 is 0 Å². The number of hydrogen-bond acceptors (Lipinski definition) is 1. The molecule has 0 aromatic heterocycles. The number of rotatable bonds is 1. The zero-order chi connectivity index (χ0) is 14.0. The molecule has 1 aromatic rings. The van der Waals surface area contributed by atoms with Crippen LogP contribution in [0, 0.1) is 11.5 Å². The third-order valence-corrected chi connectivity index (χ3v) is 3.44. The van der Waals surface area contributed by atoms with Gasteiger partial charge in [-0.15, -0.1) is 5.54 Å². The fourth-order valence-electron chi connectivity index (χ4n) is 1.44. The van der Waals surface area contributed by atoms with Crippen molar-refractivity contribution in [3.8, 4) is 11.5 Å². The highest BCUT2D eigenvalue weighted by Gasteiger charge is 2.14. The Morgan fingerprint density at radius 2 is 1.56 bits per heavy atom. The molecule has 18 heavy (non-hydrogen) atoms. The highest BCUT2D eigenvalue weighted by Crippen LogP contribution is 2.22. The first-order chi connectivity index (χ1) is 8.09. The molecule has 0 aliphatic heterocycles. The molecule has 1 nitrogen and oxygen atoms in total. The van der Waals surface area contributed by atoms with Crippen molar-refractivity contribution in [1.29, 1.82) is 0 Å². The van der Waals surface area contributed by atoms with Gasteiger partial charge in [0.05, 0.1) is 0 Å². The third kappa shape index (κ3) is 4.50. The van der Waals surface area contributed by atoms with Gasteiger partial charge >= 0.3 is 0 Å². The van der Waals surface area contributed by atoms with Crippen LogP contribution in [0.15, 0.2) is 24.3 Å². The molecule has 1 rings (SSSR count). The molecule has 0 heterocycles. The van der Waals surface area contributed by atoms with E-state index < -0.39 is 8.07 Å². The molecule has 1 aromatic carbocycles. The SMILES string of the molecule is CC(C)(C)c1ccc(C(=O)C#C[Si](C)(C)C)cc1. The molecule has 0 saturated heterocycles. The number of Topliss-reactive ketones (excluding diaryl/α,β-unsaturated/α-hetero) is 1. The molecule has 0 saturated carbocycles. The number of hydrogen-bond donors (Lipinski definition) is 0. The van der Waals surface area contributed by atoms with E-state index in [1.807, 2.05) is 24.3 Å². The number of ketones is 1. The Hall–Kier alpha value is -1.33. The van der Waals surface area contributed by atoms with Gasteiger partial charge in [-0.3, -0.25) is 4.79 Å². The number of carbonyl (C=O) groups is 1. The maximum absolute atomic E-state index is 11.9. The molecule has 0 unspecified atom stereocenters. The predicted molar refractivity (Wildman–Crippen MR) is 80.6 cm³/mol. The number of benzene rings is 1. The maximum Gasteiger partial charge on any atom is 0.235 e. The largest absolute Gasteiger partial charge is 0.279 e. The first-order valence-electron chi connectivity index (χ1n) is 6.28. The van der Waals surface area contributed by atoms with Crippen LogP contribution in [0.2, 0.25) is 19.6 Å². The molecule has 0 amide bonds. The molecule has 0 spiro atoms. The van der Waals surface area contributed by atoms with Crippen molar-refractivity contribution < 1.29 is 4.79 Å². The van der Waals surface area contributed by atoms with Gasteiger partial charge in [-0.05, 0) is 16.9 Å². The van der Waals surface area contributed by atoms with Crippen LogP contribution in [-0.2, 0) is 5.41 Å². The summed E-state index contributed by atoms with van der Waals surface area (Å²) in [5, 5.41) is 0. The van der Waals surface area contributed by atoms with Gasteiger partial charge in [-0.2, -0.15) is 0 Å². The Bertz CT molecular complexity index is 487. The fourth-order valence-corrected chi connectivity index (χ4v) is 1.93. The molecule has 0 aliphatic carbocycles. The van der Waals surface area contributed by atoms with Crippen molar-refractivity contribution >= 4 is 13.9 Å². The van der Waals surface area contributed by atoms with E-state index in [9.17, 15) is 4.79 Å². The second kappa shape index (κ2) is 5.12. The molecule has 0 radical (unpaired) electrons. The molecule has 0 aliphatic rings. The van der Waals surface area contributed by atoms with E-state index in [0.29, 0.717) is 5.56 Å². The molecular formula is C16H22OSi. The second-order valence-electron chi connectivity index (χ2n) is 6.66. The standard InChI is InChI=1S/C16H22OSi/c1-16(2,3)14-9-7-13(8-10-14)15(17)11-12-18(4,5)6/h7-10H,1-6H3. The Kier molecular flexibility index (Phi) is 4.19. The first-order valence-corrected chi connectivity index (χ1v) is 9.78. The summed E-state index contributed by atoms with van der Waals surface area (Å²) < 4.78 is 0. The highest BCUT2D eigenvalue weighted by molar-refractivity contribution is 6.84. The van der Waals surface area contributed by atoms with Crippen LogP contribution in [0.3, 0.4) is 0 Å². The monoisotopic (exact) mass is 258 g/mol. The van der Waals surface area contributed by atoms with Crippen LogP contribution in [0.25, 0.3) is 0 Å². The van der Waals surface area contributed by atoms with E-state index >= 15 is 0 Å². The summed E-state index contributed by atoms with van der Waals surface area (Å²) in [6.45, 7) is 12.9. The van der Waals surface area contributed by atoms with Gasteiger partial charge in [0.1, 0.15) is 8.07 Å². The van der Waals surface area contributed by atoms with Gasteiger partial charge in [0, 0.05) is 5.56 Å². The summed E-state index contributed by atoms with van der Waals surface area (Å²) in [7, 11) is -1.48. The van der Waals surface area contributed by atoms with Crippen molar-refractivity contribution in [3.63, 3.8) is 0 Å². The van der Waals surface area contributed by atoms with Gasteiger partial charge in [0.15, 0.2) is 0 Å². The summed E-state index contributed by atoms with van der Waals surface area (Å²) in [5.74, 6) is 2.70. The molecule has 0 atom stereocenters. The Labute approximate surface area is 112 Å². The van der Waals surface area contributed by atoms with E-state index in [-0.39, 0.29) is 11.2 Å². The van der Waals surface area contributed by atoms with Crippen molar-refractivity contribution in [1.82, 2.24) is 0 Å². The van der Waals surface area contributed by atoms with Crippen LogP contribution >= 0.6 is 0 Å². The highest BCUT2D eigenvalue weighted by atomic mass is 28.3. The van der Waals surface area contributed by atoms with Gasteiger partial charge in [-0.25, -0.2) is 0 Å².